The van der Waals surface area contributed by atoms with Crippen LogP contribution in [0.5, 0.6) is 0 Å². The maximum atomic E-state index is 12.6. The molecule has 0 radical (unpaired) electrons. The van der Waals surface area contributed by atoms with E-state index in [9.17, 15) is 19.2 Å². The van der Waals surface area contributed by atoms with Crippen molar-refractivity contribution in [2.24, 2.45) is 7.05 Å². The predicted molar refractivity (Wildman–Crippen MR) is 110 cm³/mol. The first-order chi connectivity index (χ1) is 13.8. The van der Waals surface area contributed by atoms with Crippen molar-refractivity contribution in [1.29, 1.82) is 0 Å². The van der Waals surface area contributed by atoms with Crippen molar-refractivity contribution < 1.29 is 9.59 Å². The third kappa shape index (κ3) is 3.96. The molecule has 2 aromatic heterocycles. The maximum Gasteiger partial charge on any atom is 0.263 e. The highest BCUT2D eigenvalue weighted by molar-refractivity contribution is 5.97. The van der Waals surface area contributed by atoms with Gasteiger partial charge in [-0.05, 0) is 43.2 Å². The lowest BCUT2D eigenvalue weighted by molar-refractivity contribution is 0.0926. The van der Waals surface area contributed by atoms with Crippen molar-refractivity contribution in [2.75, 3.05) is 13.1 Å². The minimum absolute atomic E-state index is 0.00371. The van der Waals surface area contributed by atoms with Gasteiger partial charge in [-0.2, -0.15) is 0 Å². The summed E-state index contributed by atoms with van der Waals surface area (Å²) in [5.41, 5.74) is 2.00. The number of rotatable bonds is 5. The van der Waals surface area contributed by atoms with Gasteiger partial charge in [-0.3, -0.25) is 19.2 Å². The lowest BCUT2D eigenvalue weighted by Crippen LogP contribution is -2.38. The van der Waals surface area contributed by atoms with E-state index in [1.165, 1.54) is 16.8 Å². The smallest absolute Gasteiger partial charge is 0.263 e. The van der Waals surface area contributed by atoms with E-state index in [2.05, 4.69) is 15.6 Å². The number of amides is 2. The summed E-state index contributed by atoms with van der Waals surface area (Å²) < 4.78 is 1.31. The third-order valence-corrected chi connectivity index (χ3v) is 4.89. The van der Waals surface area contributed by atoms with Crippen molar-refractivity contribution >= 4 is 22.7 Å². The van der Waals surface area contributed by atoms with Gasteiger partial charge in [0.2, 0.25) is 5.43 Å². The number of pyridine rings is 2. The second kappa shape index (κ2) is 8.14. The van der Waals surface area contributed by atoms with E-state index in [4.69, 9.17) is 0 Å². The molecule has 0 unspecified atom stereocenters. The molecular weight excluding hydrogens is 372 g/mol. The lowest BCUT2D eigenvalue weighted by atomic mass is 10.0. The van der Waals surface area contributed by atoms with Gasteiger partial charge in [-0.1, -0.05) is 6.07 Å². The maximum absolute atomic E-state index is 12.6. The number of H-pyrrole nitrogens is 1. The number of hydrogen-bond acceptors (Lipinski definition) is 4. The topological polar surface area (TPSA) is 113 Å². The van der Waals surface area contributed by atoms with Crippen LogP contribution >= 0.6 is 0 Å². The van der Waals surface area contributed by atoms with Gasteiger partial charge in [0.25, 0.3) is 17.4 Å². The summed E-state index contributed by atoms with van der Waals surface area (Å²) in [7, 11) is 1.56. The van der Waals surface area contributed by atoms with E-state index in [1.807, 2.05) is 19.9 Å². The summed E-state index contributed by atoms with van der Waals surface area (Å²) in [6, 6.07) is 6.59. The normalized spacial score (nSPS) is 10.7. The van der Waals surface area contributed by atoms with Crippen molar-refractivity contribution in [1.82, 2.24) is 20.2 Å². The first kappa shape index (κ1) is 20.1. The van der Waals surface area contributed by atoms with Gasteiger partial charge >= 0.3 is 0 Å². The highest BCUT2D eigenvalue weighted by Gasteiger charge is 2.15. The molecule has 8 heteroatoms. The lowest BCUT2D eigenvalue weighted by Gasteiger charge is -2.09. The molecule has 29 heavy (non-hydrogen) atoms. The monoisotopic (exact) mass is 394 g/mol. The van der Waals surface area contributed by atoms with Crippen LogP contribution in [-0.2, 0) is 7.05 Å². The van der Waals surface area contributed by atoms with Crippen LogP contribution in [0, 0.1) is 13.8 Å². The highest BCUT2D eigenvalue weighted by Crippen LogP contribution is 2.17. The van der Waals surface area contributed by atoms with Crippen LogP contribution in [-0.4, -0.2) is 34.5 Å². The van der Waals surface area contributed by atoms with Gasteiger partial charge in [0, 0.05) is 37.9 Å². The summed E-state index contributed by atoms with van der Waals surface area (Å²) in [5, 5.41) is 5.64. The zero-order valence-electron chi connectivity index (χ0n) is 16.5. The van der Waals surface area contributed by atoms with E-state index < -0.39 is 17.4 Å². The van der Waals surface area contributed by atoms with E-state index in [0.717, 1.165) is 11.1 Å². The van der Waals surface area contributed by atoms with Crippen molar-refractivity contribution in [3.8, 4) is 0 Å². The van der Waals surface area contributed by atoms with Gasteiger partial charge in [0.05, 0.1) is 5.52 Å². The summed E-state index contributed by atoms with van der Waals surface area (Å²) in [4.78, 5) is 52.1. The van der Waals surface area contributed by atoms with Crippen molar-refractivity contribution in [3.05, 3.63) is 79.5 Å². The summed E-state index contributed by atoms with van der Waals surface area (Å²) in [5.74, 6) is -1.05. The molecule has 2 heterocycles. The van der Waals surface area contributed by atoms with Crippen LogP contribution in [0.15, 0.2) is 46.2 Å². The molecule has 3 aromatic rings. The zero-order chi connectivity index (χ0) is 21.1. The highest BCUT2D eigenvalue weighted by atomic mass is 16.2. The van der Waals surface area contributed by atoms with E-state index >= 15 is 0 Å². The number of carbonyl (C=O) groups is 2. The number of hydrogen-bond donors (Lipinski definition) is 3. The molecule has 8 nitrogen and oxygen atoms in total. The minimum Gasteiger partial charge on any atom is -0.360 e. The molecule has 0 aliphatic heterocycles. The molecule has 150 valence electrons. The fraction of sp³-hybridized carbons (Fsp3) is 0.238. The number of nitrogens with one attached hydrogen (secondary N) is 3. The van der Waals surface area contributed by atoms with Crippen LogP contribution < -0.4 is 21.6 Å². The van der Waals surface area contributed by atoms with Gasteiger partial charge in [0.1, 0.15) is 11.1 Å². The predicted octanol–water partition coefficient (Wildman–Crippen LogP) is 1.00. The number of fused-ring (bicyclic) bond motifs is 1. The number of aromatic nitrogens is 2. The molecule has 0 atom stereocenters. The largest absolute Gasteiger partial charge is 0.360 e. The Hall–Kier alpha value is -3.68. The molecule has 0 fully saturated rings. The van der Waals surface area contributed by atoms with Gasteiger partial charge < -0.3 is 20.2 Å². The molecule has 0 spiro atoms. The summed E-state index contributed by atoms with van der Waals surface area (Å²) in [6.45, 7) is 4.10. The van der Waals surface area contributed by atoms with Crippen LogP contribution in [0.25, 0.3) is 10.9 Å². The standard InChI is InChI=1S/C21H22N4O4/c1-12-6-7-14-17(13(12)2)24-11-16(18(14)26)20(28)23-9-8-22-19(27)15-5-4-10-25(3)21(15)29/h4-7,10-11H,8-9H2,1-3H3,(H,22,27)(H,23,28)(H,24,26). The number of carbonyl (C=O) groups excluding carboxylic acids is 2. The van der Waals surface area contributed by atoms with Gasteiger partial charge in [0.15, 0.2) is 0 Å². The Morgan fingerprint density at radius 3 is 2.34 bits per heavy atom. The average molecular weight is 394 g/mol. The van der Waals surface area contributed by atoms with E-state index in [0.29, 0.717) is 10.9 Å². The first-order valence-electron chi connectivity index (χ1n) is 9.15. The van der Waals surface area contributed by atoms with E-state index in [-0.39, 0.29) is 29.6 Å². The quantitative estimate of drug-likeness (QED) is 0.560. The molecule has 0 saturated heterocycles. The molecule has 3 rings (SSSR count). The molecule has 0 aliphatic carbocycles. The molecule has 3 N–H and O–H groups in total. The molecule has 0 bridgehead atoms. The summed E-state index contributed by atoms with van der Waals surface area (Å²) in [6.07, 6.45) is 2.96. The Bertz CT molecular complexity index is 1220. The number of benzene rings is 1. The Morgan fingerprint density at radius 2 is 1.66 bits per heavy atom. The Morgan fingerprint density at radius 1 is 1.00 bits per heavy atom. The zero-order valence-corrected chi connectivity index (χ0v) is 16.5. The van der Waals surface area contributed by atoms with Crippen LogP contribution in [0.1, 0.15) is 31.8 Å². The number of aryl methyl sites for hydroxylation is 3. The van der Waals surface area contributed by atoms with Gasteiger partial charge in [-0.25, -0.2) is 0 Å². The Kier molecular flexibility index (Phi) is 5.63. The average Bonchev–Trinajstić information content (AvgIpc) is 2.70. The Labute approximate surface area is 166 Å². The fourth-order valence-electron chi connectivity index (χ4n) is 3.03. The van der Waals surface area contributed by atoms with Crippen molar-refractivity contribution in [2.45, 2.75) is 13.8 Å². The molecular formula is C21H22N4O4. The molecule has 0 saturated carbocycles. The van der Waals surface area contributed by atoms with Crippen LogP contribution in [0.4, 0.5) is 0 Å². The minimum atomic E-state index is -0.531. The van der Waals surface area contributed by atoms with E-state index in [1.54, 1.807) is 25.4 Å². The number of nitrogens with zero attached hydrogens (tertiary/aromatic N) is 1. The molecule has 0 aliphatic rings. The Balaban J connectivity index is 1.64. The SMILES string of the molecule is Cc1ccc2c(=O)c(C(=O)NCCNC(=O)c3cccn(C)c3=O)c[nH]c2c1C. The van der Waals surface area contributed by atoms with Crippen LogP contribution in [0.3, 0.4) is 0 Å². The second-order valence-corrected chi connectivity index (χ2v) is 6.81. The third-order valence-electron chi connectivity index (χ3n) is 4.89. The van der Waals surface area contributed by atoms with Crippen LogP contribution in [0.2, 0.25) is 0 Å². The fourth-order valence-corrected chi connectivity index (χ4v) is 3.03. The summed E-state index contributed by atoms with van der Waals surface area (Å²) >= 11 is 0. The van der Waals surface area contributed by atoms with Crippen molar-refractivity contribution in [3.63, 3.8) is 0 Å². The number of aromatic amines is 1. The second-order valence-electron chi connectivity index (χ2n) is 6.81. The first-order valence-corrected chi connectivity index (χ1v) is 9.15. The van der Waals surface area contributed by atoms with Gasteiger partial charge in [-0.15, -0.1) is 0 Å². The molecule has 1 aromatic carbocycles. The molecule has 2 amide bonds.